The zero-order valence-corrected chi connectivity index (χ0v) is 18.5. The summed E-state index contributed by atoms with van der Waals surface area (Å²) in [5.41, 5.74) is 4.49. The van der Waals surface area contributed by atoms with Gasteiger partial charge in [0.2, 0.25) is 5.91 Å². The van der Waals surface area contributed by atoms with Crippen LogP contribution in [-0.2, 0) is 11.3 Å². The Morgan fingerprint density at radius 1 is 1.06 bits per heavy atom. The highest BCUT2D eigenvalue weighted by atomic mass is 16.3. The number of nitrogens with zero attached hydrogens (tertiary/aromatic N) is 2. The van der Waals surface area contributed by atoms with Gasteiger partial charge in [0.1, 0.15) is 5.52 Å². The van der Waals surface area contributed by atoms with Crippen molar-refractivity contribution in [2.75, 3.05) is 13.1 Å². The van der Waals surface area contributed by atoms with E-state index >= 15 is 0 Å². The lowest BCUT2D eigenvalue weighted by Crippen LogP contribution is -2.39. The van der Waals surface area contributed by atoms with Crippen LogP contribution in [-0.4, -0.2) is 34.8 Å². The molecule has 1 saturated carbocycles. The number of amides is 2. The average Bonchev–Trinajstić information content (AvgIpc) is 3.57. The van der Waals surface area contributed by atoms with Crippen molar-refractivity contribution in [2.24, 2.45) is 5.92 Å². The highest BCUT2D eigenvalue weighted by molar-refractivity contribution is 5.97. The van der Waals surface area contributed by atoms with Crippen LogP contribution in [0.5, 0.6) is 0 Å². The Bertz CT molecular complexity index is 1120. The standard InChI is InChI=1S/C26H29N3O3/c1-17-2-4-19(5-3-17)16-27-24(30)14-18-10-12-29(13-11-18)26(31)21-8-9-23-22(15-21)28-25(32-23)20-6-7-20/h2-5,8-9,15,18,20H,6-7,10-14,16H2,1H3,(H,27,30). The van der Waals surface area contributed by atoms with Crippen molar-refractivity contribution in [3.63, 3.8) is 0 Å². The highest BCUT2D eigenvalue weighted by Crippen LogP contribution is 2.40. The summed E-state index contributed by atoms with van der Waals surface area (Å²) in [6, 6.07) is 13.7. The first-order valence-electron chi connectivity index (χ1n) is 11.6. The second-order valence-electron chi connectivity index (χ2n) is 9.21. The molecule has 2 aliphatic rings. The van der Waals surface area contributed by atoms with E-state index in [4.69, 9.17) is 4.42 Å². The van der Waals surface area contributed by atoms with Crippen LogP contribution in [0.25, 0.3) is 11.1 Å². The Morgan fingerprint density at radius 3 is 2.53 bits per heavy atom. The van der Waals surface area contributed by atoms with E-state index in [0.29, 0.717) is 43.5 Å². The fraction of sp³-hybridized carbons (Fsp3) is 0.423. The van der Waals surface area contributed by atoms with Crippen LogP contribution < -0.4 is 5.32 Å². The third kappa shape index (κ3) is 4.69. The maximum atomic E-state index is 13.0. The number of rotatable bonds is 6. The van der Waals surface area contributed by atoms with Gasteiger partial charge < -0.3 is 14.6 Å². The molecule has 1 N–H and O–H groups in total. The third-order valence-corrected chi connectivity index (χ3v) is 6.56. The van der Waals surface area contributed by atoms with Gasteiger partial charge in [-0.1, -0.05) is 29.8 Å². The Morgan fingerprint density at radius 2 is 1.81 bits per heavy atom. The number of aromatic nitrogens is 1. The van der Waals surface area contributed by atoms with Gasteiger partial charge in [0, 0.05) is 37.5 Å². The lowest BCUT2D eigenvalue weighted by molar-refractivity contribution is -0.122. The van der Waals surface area contributed by atoms with Crippen molar-refractivity contribution in [1.82, 2.24) is 15.2 Å². The molecule has 0 radical (unpaired) electrons. The Balaban J connectivity index is 1.11. The molecule has 0 bridgehead atoms. The van der Waals surface area contributed by atoms with Crippen LogP contribution in [0.3, 0.4) is 0 Å². The number of nitrogens with one attached hydrogen (secondary N) is 1. The molecule has 2 heterocycles. The molecular weight excluding hydrogens is 402 g/mol. The number of benzene rings is 2. The van der Waals surface area contributed by atoms with E-state index in [2.05, 4.69) is 29.4 Å². The summed E-state index contributed by atoms with van der Waals surface area (Å²) in [5, 5.41) is 3.02. The molecule has 3 aromatic rings. The summed E-state index contributed by atoms with van der Waals surface area (Å²) in [6.07, 6.45) is 4.49. The van der Waals surface area contributed by atoms with Gasteiger partial charge in [0.05, 0.1) is 0 Å². The SMILES string of the molecule is Cc1ccc(CNC(=O)CC2CCN(C(=O)c3ccc4oc(C5CC5)nc4c3)CC2)cc1. The van der Waals surface area contributed by atoms with E-state index < -0.39 is 0 Å². The first kappa shape index (κ1) is 20.7. The van der Waals surface area contributed by atoms with Crippen LogP contribution in [0.4, 0.5) is 0 Å². The number of hydrogen-bond acceptors (Lipinski definition) is 4. The minimum absolute atomic E-state index is 0.0325. The van der Waals surface area contributed by atoms with Crippen molar-refractivity contribution in [1.29, 1.82) is 0 Å². The Kier molecular flexibility index (Phi) is 5.68. The largest absolute Gasteiger partial charge is 0.440 e. The van der Waals surface area contributed by atoms with Crippen molar-refractivity contribution in [3.8, 4) is 0 Å². The predicted molar refractivity (Wildman–Crippen MR) is 122 cm³/mol. The van der Waals surface area contributed by atoms with Crippen molar-refractivity contribution < 1.29 is 14.0 Å². The molecule has 0 unspecified atom stereocenters. The van der Waals surface area contributed by atoms with E-state index in [9.17, 15) is 9.59 Å². The molecule has 6 heteroatoms. The normalized spacial score (nSPS) is 17.0. The number of hydrogen-bond donors (Lipinski definition) is 1. The van der Waals surface area contributed by atoms with Crippen LogP contribution in [0.1, 0.15) is 65.4 Å². The molecule has 5 rings (SSSR count). The van der Waals surface area contributed by atoms with Gasteiger partial charge in [-0.05, 0) is 62.3 Å². The maximum Gasteiger partial charge on any atom is 0.253 e. The van der Waals surface area contributed by atoms with Crippen molar-refractivity contribution in [3.05, 3.63) is 65.0 Å². The van der Waals surface area contributed by atoms with Crippen LogP contribution in [0.2, 0.25) is 0 Å². The molecule has 0 atom stereocenters. The molecule has 6 nitrogen and oxygen atoms in total. The van der Waals surface area contributed by atoms with E-state index in [1.54, 1.807) is 0 Å². The molecule has 0 spiro atoms. The number of carbonyl (C=O) groups is 2. The third-order valence-electron chi connectivity index (χ3n) is 6.56. The highest BCUT2D eigenvalue weighted by Gasteiger charge is 2.29. The smallest absolute Gasteiger partial charge is 0.253 e. The minimum atomic E-state index is 0.0325. The van der Waals surface area contributed by atoms with Gasteiger partial charge in [-0.3, -0.25) is 9.59 Å². The molecule has 1 saturated heterocycles. The topological polar surface area (TPSA) is 75.4 Å². The van der Waals surface area contributed by atoms with E-state index in [-0.39, 0.29) is 11.8 Å². The summed E-state index contributed by atoms with van der Waals surface area (Å²) in [4.78, 5) is 31.8. The first-order valence-corrected chi connectivity index (χ1v) is 11.6. The number of piperidine rings is 1. The molecule has 1 aliphatic carbocycles. The molecule has 2 amide bonds. The second kappa shape index (κ2) is 8.77. The molecule has 2 fully saturated rings. The number of oxazole rings is 1. The molecule has 32 heavy (non-hydrogen) atoms. The molecule has 2 aromatic carbocycles. The Labute approximate surface area is 188 Å². The number of fused-ring (bicyclic) bond motifs is 1. The molecule has 1 aromatic heterocycles. The van der Waals surface area contributed by atoms with Gasteiger partial charge in [-0.25, -0.2) is 4.98 Å². The van der Waals surface area contributed by atoms with Crippen molar-refractivity contribution >= 4 is 22.9 Å². The average molecular weight is 432 g/mol. The number of likely N-dealkylation sites (tertiary alicyclic amines) is 1. The molecule has 166 valence electrons. The Hall–Kier alpha value is -3.15. The van der Waals surface area contributed by atoms with Gasteiger partial charge in [0.15, 0.2) is 11.5 Å². The second-order valence-corrected chi connectivity index (χ2v) is 9.21. The van der Waals surface area contributed by atoms with Crippen LogP contribution in [0.15, 0.2) is 46.9 Å². The summed E-state index contributed by atoms with van der Waals surface area (Å²) in [7, 11) is 0. The molecular formula is C26H29N3O3. The van der Waals surface area contributed by atoms with Crippen LogP contribution in [0, 0.1) is 12.8 Å². The number of carbonyl (C=O) groups excluding carboxylic acids is 2. The van der Waals surface area contributed by atoms with Crippen LogP contribution >= 0.6 is 0 Å². The van der Waals surface area contributed by atoms with Gasteiger partial charge in [-0.2, -0.15) is 0 Å². The lowest BCUT2D eigenvalue weighted by atomic mass is 9.92. The minimum Gasteiger partial charge on any atom is -0.440 e. The zero-order valence-electron chi connectivity index (χ0n) is 18.5. The fourth-order valence-electron chi connectivity index (χ4n) is 4.35. The van der Waals surface area contributed by atoms with Gasteiger partial charge in [-0.15, -0.1) is 0 Å². The zero-order chi connectivity index (χ0) is 22.1. The summed E-state index contributed by atoms with van der Waals surface area (Å²) >= 11 is 0. The molecule has 1 aliphatic heterocycles. The van der Waals surface area contributed by atoms with E-state index in [1.165, 1.54) is 5.56 Å². The summed E-state index contributed by atoms with van der Waals surface area (Å²) < 4.78 is 5.80. The quantitative estimate of drug-likeness (QED) is 0.620. The fourth-order valence-corrected chi connectivity index (χ4v) is 4.35. The summed E-state index contributed by atoms with van der Waals surface area (Å²) in [6.45, 7) is 3.97. The first-order chi connectivity index (χ1) is 15.5. The lowest BCUT2D eigenvalue weighted by Gasteiger charge is -2.31. The maximum absolute atomic E-state index is 13.0. The van der Waals surface area contributed by atoms with Crippen molar-refractivity contribution in [2.45, 2.75) is 51.5 Å². The van der Waals surface area contributed by atoms with E-state index in [0.717, 1.165) is 48.2 Å². The summed E-state index contributed by atoms with van der Waals surface area (Å²) in [5.74, 6) is 1.68. The monoisotopic (exact) mass is 431 g/mol. The van der Waals surface area contributed by atoms with Gasteiger partial charge in [0.25, 0.3) is 5.91 Å². The van der Waals surface area contributed by atoms with Gasteiger partial charge >= 0.3 is 0 Å². The number of aryl methyl sites for hydroxylation is 1. The predicted octanol–water partition coefficient (Wildman–Crippen LogP) is 4.57. The van der Waals surface area contributed by atoms with E-state index in [1.807, 2.05) is 35.2 Å².